The smallest absolute Gasteiger partial charge is 0.262 e. The van der Waals surface area contributed by atoms with Crippen LogP contribution in [0.15, 0.2) is 66.3 Å². The Kier molecular flexibility index (Phi) is 5.76. The van der Waals surface area contributed by atoms with Crippen LogP contribution in [0.1, 0.15) is 15.2 Å². The van der Waals surface area contributed by atoms with E-state index in [1.54, 1.807) is 24.3 Å². The quantitative estimate of drug-likeness (QED) is 0.426. The first-order valence-electron chi connectivity index (χ1n) is 9.34. The first kappa shape index (κ1) is 19.7. The molecule has 0 radical (unpaired) electrons. The number of rotatable bonds is 7. The van der Waals surface area contributed by atoms with Gasteiger partial charge in [0.2, 0.25) is 11.8 Å². The van der Waals surface area contributed by atoms with Gasteiger partial charge in [0.05, 0.1) is 23.9 Å². The zero-order valence-electron chi connectivity index (χ0n) is 16.2. The zero-order chi connectivity index (χ0) is 20.9. The number of nitrogens with one attached hydrogen (secondary N) is 3. The zero-order valence-corrected chi connectivity index (χ0v) is 17.0. The van der Waals surface area contributed by atoms with Crippen molar-refractivity contribution in [3.63, 3.8) is 0 Å². The third-order valence-corrected chi connectivity index (χ3v) is 5.55. The molecule has 4 rings (SSSR count). The minimum Gasteiger partial charge on any atom is -0.481 e. The molecule has 3 aromatic heterocycles. The number of fused-ring (bicyclic) bond motifs is 1. The second kappa shape index (κ2) is 8.79. The summed E-state index contributed by atoms with van der Waals surface area (Å²) in [6, 6.07) is 14.0. The van der Waals surface area contributed by atoms with Crippen LogP contribution in [-0.2, 0) is 11.2 Å². The number of aromatic nitrogens is 2. The number of hydrogen-bond acceptors (Lipinski definition) is 5. The summed E-state index contributed by atoms with van der Waals surface area (Å²) in [6.45, 7) is 0. The van der Waals surface area contributed by atoms with Crippen molar-refractivity contribution in [2.75, 3.05) is 12.4 Å². The number of aromatic amines is 1. The molecule has 0 saturated carbocycles. The number of hydrogen-bond donors (Lipinski definition) is 3. The summed E-state index contributed by atoms with van der Waals surface area (Å²) in [5.74, 6) is -0.149. The summed E-state index contributed by atoms with van der Waals surface area (Å²) in [5.41, 5.74) is 2.45. The number of H-pyrrole nitrogens is 1. The lowest BCUT2D eigenvalue weighted by Crippen LogP contribution is -2.45. The maximum Gasteiger partial charge on any atom is 0.262 e. The summed E-state index contributed by atoms with van der Waals surface area (Å²) >= 11 is 1.33. The lowest BCUT2D eigenvalue weighted by atomic mass is 10.0. The molecule has 30 heavy (non-hydrogen) atoms. The number of nitrogens with zero attached hydrogens (tertiary/aromatic N) is 1. The van der Waals surface area contributed by atoms with Crippen LogP contribution in [0.3, 0.4) is 0 Å². The molecule has 3 N–H and O–H groups in total. The number of methoxy groups -OCH3 is 1. The normalized spacial score (nSPS) is 11.8. The van der Waals surface area contributed by atoms with E-state index in [4.69, 9.17) is 4.74 Å². The first-order valence-corrected chi connectivity index (χ1v) is 10.2. The van der Waals surface area contributed by atoms with E-state index < -0.39 is 6.04 Å². The van der Waals surface area contributed by atoms with Gasteiger partial charge in [-0.05, 0) is 29.1 Å². The molecule has 0 saturated heterocycles. The number of amides is 2. The van der Waals surface area contributed by atoms with Crippen LogP contribution < -0.4 is 15.4 Å². The Labute approximate surface area is 177 Å². The second-order valence-corrected chi connectivity index (χ2v) is 7.59. The van der Waals surface area contributed by atoms with Crippen molar-refractivity contribution in [1.82, 2.24) is 15.3 Å². The number of ether oxygens (including phenoxy) is 1. The van der Waals surface area contributed by atoms with E-state index in [0.717, 1.165) is 16.5 Å². The number of thiophene rings is 1. The van der Waals surface area contributed by atoms with E-state index in [0.29, 0.717) is 22.9 Å². The SMILES string of the molecule is COc1ccc(NC(=O)[C@H](Cc2c[nH]c3ccccc23)NC(=O)c2cccs2)cn1. The molecule has 0 aliphatic rings. The fourth-order valence-corrected chi connectivity index (χ4v) is 3.80. The van der Waals surface area contributed by atoms with Gasteiger partial charge in [-0.1, -0.05) is 24.3 Å². The summed E-state index contributed by atoms with van der Waals surface area (Å²) in [6.07, 6.45) is 3.73. The average Bonchev–Trinajstić information content (AvgIpc) is 3.44. The van der Waals surface area contributed by atoms with Crippen LogP contribution in [0, 0.1) is 0 Å². The number of carbonyl (C=O) groups excluding carboxylic acids is 2. The van der Waals surface area contributed by atoms with Crippen LogP contribution in [0.4, 0.5) is 5.69 Å². The molecule has 0 spiro atoms. The van der Waals surface area contributed by atoms with E-state index in [2.05, 4.69) is 20.6 Å². The maximum absolute atomic E-state index is 13.0. The van der Waals surface area contributed by atoms with Gasteiger partial charge in [-0.25, -0.2) is 4.98 Å². The van der Waals surface area contributed by atoms with Crippen molar-refractivity contribution in [2.24, 2.45) is 0 Å². The molecule has 2 amide bonds. The van der Waals surface area contributed by atoms with Crippen LogP contribution in [0.2, 0.25) is 0 Å². The fourth-order valence-electron chi connectivity index (χ4n) is 3.17. The summed E-state index contributed by atoms with van der Waals surface area (Å²) < 4.78 is 5.04. The minimum absolute atomic E-state index is 0.280. The molecule has 4 aromatic rings. The Balaban J connectivity index is 1.56. The van der Waals surface area contributed by atoms with Gasteiger partial charge in [-0.2, -0.15) is 0 Å². The molecular weight excluding hydrogens is 400 g/mol. The van der Waals surface area contributed by atoms with E-state index in [9.17, 15) is 9.59 Å². The third kappa shape index (κ3) is 4.33. The number of para-hydroxylation sites is 1. The molecule has 1 atom stereocenters. The van der Waals surface area contributed by atoms with Crippen molar-refractivity contribution in [3.8, 4) is 5.88 Å². The van der Waals surface area contributed by atoms with Gasteiger partial charge in [-0.3, -0.25) is 9.59 Å². The molecule has 152 valence electrons. The van der Waals surface area contributed by atoms with Gasteiger partial charge >= 0.3 is 0 Å². The lowest BCUT2D eigenvalue weighted by Gasteiger charge is -2.18. The van der Waals surface area contributed by atoms with E-state index in [1.165, 1.54) is 24.6 Å². The number of anilines is 1. The molecule has 0 aliphatic heterocycles. The minimum atomic E-state index is -0.763. The summed E-state index contributed by atoms with van der Waals surface area (Å²) in [4.78, 5) is 33.5. The predicted octanol–water partition coefficient (Wildman–Crippen LogP) is 3.61. The van der Waals surface area contributed by atoms with Gasteiger partial charge in [0.15, 0.2) is 0 Å². The number of benzene rings is 1. The van der Waals surface area contributed by atoms with Crippen molar-refractivity contribution < 1.29 is 14.3 Å². The molecule has 0 bridgehead atoms. The lowest BCUT2D eigenvalue weighted by molar-refractivity contribution is -0.118. The third-order valence-electron chi connectivity index (χ3n) is 4.68. The molecule has 0 unspecified atom stereocenters. The predicted molar refractivity (Wildman–Crippen MR) is 117 cm³/mol. The second-order valence-electron chi connectivity index (χ2n) is 6.65. The Morgan fingerprint density at radius 2 is 2.03 bits per heavy atom. The highest BCUT2D eigenvalue weighted by Gasteiger charge is 2.24. The van der Waals surface area contributed by atoms with Crippen LogP contribution in [0.5, 0.6) is 5.88 Å². The van der Waals surface area contributed by atoms with E-state index in [1.807, 2.05) is 35.8 Å². The number of carbonyl (C=O) groups is 2. The largest absolute Gasteiger partial charge is 0.481 e. The van der Waals surface area contributed by atoms with Gasteiger partial charge in [-0.15, -0.1) is 11.3 Å². The van der Waals surface area contributed by atoms with Crippen LogP contribution in [-0.4, -0.2) is 34.9 Å². The molecule has 3 heterocycles. The monoisotopic (exact) mass is 420 g/mol. The fraction of sp³-hybridized carbons (Fsp3) is 0.136. The molecule has 8 heteroatoms. The van der Waals surface area contributed by atoms with Gasteiger partial charge in [0.25, 0.3) is 5.91 Å². The van der Waals surface area contributed by atoms with Gasteiger partial charge < -0.3 is 20.4 Å². The summed E-state index contributed by atoms with van der Waals surface area (Å²) in [7, 11) is 1.53. The molecule has 7 nitrogen and oxygen atoms in total. The molecule has 0 fully saturated rings. The average molecular weight is 420 g/mol. The van der Waals surface area contributed by atoms with Gasteiger partial charge in [0.1, 0.15) is 6.04 Å². The van der Waals surface area contributed by atoms with Gasteiger partial charge in [0, 0.05) is 29.6 Å². The Morgan fingerprint density at radius 1 is 1.17 bits per heavy atom. The topological polar surface area (TPSA) is 96.1 Å². The van der Waals surface area contributed by atoms with Crippen molar-refractivity contribution in [3.05, 3.63) is 76.7 Å². The number of pyridine rings is 1. The van der Waals surface area contributed by atoms with E-state index in [-0.39, 0.29) is 11.8 Å². The molecule has 0 aliphatic carbocycles. The maximum atomic E-state index is 13.0. The molecule has 1 aromatic carbocycles. The highest BCUT2D eigenvalue weighted by molar-refractivity contribution is 7.12. The van der Waals surface area contributed by atoms with Crippen molar-refractivity contribution >= 4 is 39.7 Å². The van der Waals surface area contributed by atoms with Crippen molar-refractivity contribution in [2.45, 2.75) is 12.5 Å². The highest BCUT2D eigenvalue weighted by atomic mass is 32.1. The standard InChI is InChI=1S/C22H20N4O3S/c1-29-20-9-8-15(13-24-20)25-21(27)18(26-22(28)19-7-4-10-30-19)11-14-12-23-17-6-3-2-5-16(14)17/h2-10,12-13,18,23H,11H2,1H3,(H,25,27)(H,26,28)/t18-/m0/s1. The Hall–Kier alpha value is -3.65. The summed E-state index contributed by atoms with van der Waals surface area (Å²) in [5, 5.41) is 8.54. The highest BCUT2D eigenvalue weighted by Crippen LogP contribution is 2.20. The Bertz CT molecular complexity index is 1150. The van der Waals surface area contributed by atoms with Crippen LogP contribution >= 0.6 is 11.3 Å². The first-order chi connectivity index (χ1) is 14.6. The molecular formula is C22H20N4O3S. The van der Waals surface area contributed by atoms with E-state index >= 15 is 0 Å². The van der Waals surface area contributed by atoms with Crippen molar-refractivity contribution in [1.29, 1.82) is 0 Å². The van der Waals surface area contributed by atoms with Crippen LogP contribution in [0.25, 0.3) is 10.9 Å². The Morgan fingerprint density at radius 3 is 2.77 bits per heavy atom.